The van der Waals surface area contributed by atoms with Gasteiger partial charge in [0.2, 0.25) is 0 Å². The number of imide groups is 1. The molecule has 2 amide bonds. The quantitative estimate of drug-likeness (QED) is 0.805. The second kappa shape index (κ2) is 5.72. The van der Waals surface area contributed by atoms with Crippen LogP contribution in [0.25, 0.3) is 0 Å². The monoisotopic (exact) mass is 260 g/mol. The average Bonchev–Trinajstić information content (AvgIpc) is 2.92. The van der Waals surface area contributed by atoms with E-state index >= 15 is 0 Å². The van der Waals surface area contributed by atoms with Crippen LogP contribution in [0.15, 0.2) is 47.1 Å². The second-order valence-corrected chi connectivity index (χ2v) is 3.71. The van der Waals surface area contributed by atoms with Crippen LogP contribution in [-0.4, -0.2) is 18.4 Å². The SMILES string of the molecule is Nc1ccc(OCC(=O)NC(=O)c2ccco2)cc1. The number of amides is 2. The summed E-state index contributed by atoms with van der Waals surface area (Å²) in [4.78, 5) is 22.9. The lowest BCUT2D eigenvalue weighted by Gasteiger charge is -2.06. The Kier molecular flexibility index (Phi) is 3.82. The Hall–Kier alpha value is -2.76. The number of carbonyl (C=O) groups is 2. The highest BCUT2D eigenvalue weighted by Gasteiger charge is 2.12. The standard InChI is InChI=1S/C13H12N2O4/c14-9-3-5-10(6-4-9)19-8-12(16)15-13(17)11-2-1-7-18-11/h1-7H,8,14H2,(H,15,16,17). The van der Waals surface area contributed by atoms with Crippen molar-refractivity contribution in [2.24, 2.45) is 0 Å². The second-order valence-electron chi connectivity index (χ2n) is 3.71. The highest BCUT2D eigenvalue weighted by Crippen LogP contribution is 2.12. The molecule has 6 heteroatoms. The van der Waals surface area contributed by atoms with Crippen LogP contribution in [-0.2, 0) is 4.79 Å². The summed E-state index contributed by atoms with van der Waals surface area (Å²) in [6, 6.07) is 9.60. The fourth-order valence-corrected chi connectivity index (χ4v) is 1.35. The molecule has 1 heterocycles. The predicted octanol–water partition coefficient (Wildman–Crippen LogP) is 1.20. The van der Waals surface area contributed by atoms with E-state index in [9.17, 15) is 9.59 Å². The van der Waals surface area contributed by atoms with Crippen LogP contribution in [0.2, 0.25) is 0 Å². The van der Waals surface area contributed by atoms with Crippen LogP contribution in [0.5, 0.6) is 5.75 Å². The summed E-state index contributed by atoms with van der Waals surface area (Å²) in [5.74, 6) is -0.593. The number of carbonyl (C=O) groups excluding carboxylic acids is 2. The fraction of sp³-hybridized carbons (Fsp3) is 0.0769. The number of ether oxygens (including phenoxy) is 1. The van der Waals surface area contributed by atoms with Crippen molar-refractivity contribution in [3.63, 3.8) is 0 Å². The Morgan fingerprint density at radius 1 is 1.21 bits per heavy atom. The molecule has 6 nitrogen and oxygen atoms in total. The van der Waals surface area contributed by atoms with E-state index in [1.165, 1.54) is 12.3 Å². The lowest BCUT2D eigenvalue weighted by Crippen LogP contribution is -2.34. The minimum Gasteiger partial charge on any atom is -0.484 e. The molecule has 1 aromatic heterocycles. The summed E-state index contributed by atoms with van der Waals surface area (Å²) in [6.07, 6.45) is 1.35. The molecule has 2 aromatic rings. The van der Waals surface area contributed by atoms with E-state index in [0.717, 1.165) is 0 Å². The molecule has 19 heavy (non-hydrogen) atoms. The van der Waals surface area contributed by atoms with Crippen LogP contribution in [0.3, 0.4) is 0 Å². The van der Waals surface area contributed by atoms with Gasteiger partial charge in [-0.05, 0) is 36.4 Å². The van der Waals surface area contributed by atoms with E-state index in [4.69, 9.17) is 14.9 Å². The molecule has 3 N–H and O–H groups in total. The van der Waals surface area contributed by atoms with Crippen molar-refractivity contribution in [2.75, 3.05) is 12.3 Å². The van der Waals surface area contributed by atoms with E-state index < -0.39 is 11.8 Å². The summed E-state index contributed by atoms with van der Waals surface area (Å²) in [5.41, 5.74) is 6.11. The number of nitrogens with two attached hydrogens (primary N) is 1. The van der Waals surface area contributed by atoms with Gasteiger partial charge in [0.25, 0.3) is 11.8 Å². The van der Waals surface area contributed by atoms with Gasteiger partial charge >= 0.3 is 0 Å². The van der Waals surface area contributed by atoms with Gasteiger partial charge in [-0.15, -0.1) is 0 Å². The molecule has 0 aliphatic rings. The van der Waals surface area contributed by atoms with Gasteiger partial charge < -0.3 is 14.9 Å². The molecule has 0 unspecified atom stereocenters. The highest BCUT2D eigenvalue weighted by molar-refractivity contribution is 6.03. The maximum atomic E-state index is 11.5. The van der Waals surface area contributed by atoms with Crippen molar-refractivity contribution in [1.82, 2.24) is 5.32 Å². The van der Waals surface area contributed by atoms with Gasteiger partial charge in [0.15, 0.2) is 12.4 Å². The van der Waals surface area contributed by atoms with Crippen molar-refractivity contribution in [1.29, 1.82) is 0 Å². The minimum absolute atomic E-state index is 0.0702. The van der Waals surface area contributed by atoms with Crippen molar-refractivity contribution in [3.05, 3.63) is 48.4 Å². The van der Waals surface area contributed by atoms with Gasteiger partial charge in [-0.2, -0.15) is 0 Å². The van der Waals surface area contributed by atoms with Crippen LogP contribution in [0.4, 0.5) is 5.69 Å². The minimum atomic E-state index is -0.601. The Bertz CT molecular complexity index is 561. The summed E-state index contributed by atoms with van der Waals surface area (Å²) in [6.45, 7) is -0.267. The summed E-state index contributed by atoms with van der Waals surface area (Å²) in [5, 5.41) is 2.14. The van der Waals surface area contributed by atoms with E-state index in [0.29, 0.717) is 11.4 Å². The third-order valence-corrected chi connectivity index (χ3v) is 2.25. The first-order valence-corrected chi connectivity index (χ1v) is 5.51. The molecule has 0 aliphatic heterocycles. The molecule has 98 valence electrons. The molecule has 0 atom stereocenters. The molecule has 0 aliphatic carbocycles. The number of benzene rings is 1. The summed E-state index contributed by atoms with van der Waals surface area (Å²) >= 11 is 0. The number of furan rings is 1. The molecule has 0 radical (unpaired) electrons. The van der Waals surface area contributed by atoms with Gasteiger partial charge in [0.05, 0.1) is 6.26 Å². The van der Waals surface area contributed by atoms with Crippen LogP contribution in [0.1, 0.15) is 10.6 Å². The van der Waals surface area contributed by atoms with Gasteiger partial charge in [-0.3, -0.25) is 14.9 Å². The Morgan fingerprint density at radius 2 is 1.95 bits per heavy atom. The van der Waals surface area contributed by atoms with Gasteiger partial charge in [-0.1, -0.05) is 0 Å². The van der Waals surface area contributed by atoms with Crippen LogP contribution in [0, 0.1) is 0 Å². The third-order valence-electron chi connectivity index (χ3n) is 2.25. The normalized spacial score (nSPS) is 9.89. The molecule has 0 fully saturated rings. The Morgan fingerprint density at radius 3 is 2.58 bits per heavy atom. The molecule has 0 saturated heterocycles. The number of anilines is 1. The van der Waals surface area contributed by atoms with Crippen molar-refractivity contribution >= 4 is 17.5 Å². The van der Waals surface area contributed by atoms with Crippen molar-refractivity contribution in [3.8, 4) is 5.75 Å². The van der Waals surface area contributed by atoms with Crippen LogP contribution < -0.4 is 15.8 Å². The predicted molar refractivity (Wildman–Crippen MR) is 67.5 cm³/mol. The molecular weight excluding hydrogens is 248 g/mol. The van der Waals surface area contributed by atoms with E-state index in [1.807, 2.05) is 0 Å². The number of hydrogen-bond donors (Lipinski definition) is 2. The summed E-state index contributed by atoms with van der Waals surface area (Å²) in [7, 11) is 0. The van der Waals surface area contributed by atoms with Gasteiger partial charge in [0, 0.05) is 5.69 Å². The molecule has 0 saturated carbocycles. The fourth-order valence-electron chi connectivity index (χ4n) is 1.35. The lowest BCUT2D eigenvalue weighted by molar-refractivity contribution is -0.122. The lowest BCUT2D eigenvalue weighted by atomic mass is 10.3. The first-order chi connectivity index (χ1) is 9.15. The smallest absolute Gasteiger partial charge is 0.293 e. The molecular formula is C13H12N2O4. The zero-order valence-electron chi connectivity index (χ0n) is 9.96. The van der Waals surface area contributed by atoms with Gasteiger partial charge in [-0.25, -0.2) is 0 Å². The Labute approximate surface area is 109 Å². The van der Waals surface area contributed by atoms with E-state index in [2.05, 4.69) is 5.32 Å². The number of hydrogen-bond acceptors (Lipinski definition) is 5. The van der Waals surface area contributed by atoms with Crippen molar-refractivity contribution in [2.45, 2.75) is 0 Å². The zero-order valence-corrected chi connectivity index (χ0v) is 9.96. The molecule has 0 bridgehead atoms. The van der Waals surface area contributed by atoms with Crippen LogP contribution >= 0.6 is 0 Å². The van der Waals surface area contributed by atoms with E-state index in [1.54, 1.807) is 30.3 Å². The molecule has 0 spiro atoms. The zero-order chi connectivity index (χ0) is 13.7. The number of nitrogens with one attached hydrogen (secondary N) is 1. The van der Waals surface area contributed by atoms with Crippen molar-refractivity contribution < 1.29 is 18.7 Å². The topological polar surface area (TPSA) is 94.6 Å². The number of nitrogen functional groups attached to an aromatic ring is 1. The maximum absolute atomic E-state index is 11.5. The first-order valence-electron chi connectivity index (χ1n) is 5.51. The molecule has 2 rings (SSSR count). The Balaban J connectivity index is 1.82. The average molecular weight is 260 g/mol. The summed E-state index contributed by atoms with van der Waals surface area (Å²) < 4.78 is 10.0. The maximum Gasteiger partial charge on any atom is 0.293 e. The van der Waals surface area contributed by atoms with Gasteiger partial charge in [0.1, 0.15) is 5.75 Å². The largest absolute Gasteiger partial charge is 0.484 e. The first kappa shape index (κ1) is 12.7. The van der Waals surface area contributed by atoms with E-state index in [-0.39, 0.29) is 12.4 Å². The highest BCUT2D eigenvalue weighted by atomic mass is 16.5. The third kappa shape index (κ3) is 3.60. The number of rotatable bonds is 4. The molecule has 1 aromatic carbocycles.